The highest BCUT2D eigenvalue weighted by atomic mass is 32.1. The standard InChI is InChI=1S/C23H21F2N5O3S/c1-13-17(33-15-5-7-26-16(9-15)18-10-27-14(2)34-18)3-4-19(28-13)29-21(32)30-8-6-22(20(30)31)11-23(24,25)12-22/h3-5,7,9-10H,6,8,11-12H2,1-2H3,(H,28,29,32). The molecule has 1 spiro atoms. The van der Waals surface area contributed by atoms with Crippen LogP contribution in [0.1, 0.15) is 30.0 Å². The Balaban J connectivity index is 1.25. The molecule has 1 aliphatic carbocycles. The van der Waals surface area contributed by atoms with Gasteiger partial charge in [0.1, 0.15) is 17.3 Å². The first-order valence-corrected chi connectivity index (χ1v) is 11.5. The van der Waals surface area contributed by atoms with Crippen molar-refractivity contribution < 1.29 is 23.1 Å². The van der Waals surface area contributed by atoms with Crippen molar-refractivity contribution in [1.29, 1.82) is 0 Å². The number of imide groups is 1. The van der Waals surface area contributed by atoms with E-state index in [4.69, 9.17) is 4.74 Å². The van der Waals surface area contributed by atoms with Gasteiger partial charge in [-0.2, -0.15) is 0 Å². The summed E-state index contributed by atoms with van der Waals surface area (Å²) in [5.74, 6) is -2.08. The van der Waals surface area contributed by atoms with Gasteiger partial charge in [0.25, 0.3) is 0 Å². The number of hydrogen-bond donors (Lipinski definition) is 1. The number of aryl methyl sites for hydroxylation is 2. The summed E-state index contributed by atoms with van der Waals surface area (Å²) < 4.78 is 32.6. The number of anilines is 1. The molecular formula is C23H21F2N5O3S. The third kappa shape index (κ3) is 4.11. The second-order valence-corrected chi connectivity index (χ2v) is 9.86. The largest absolute Gasteiger partial charge is 0.455 e. The van der Waals surface area contributed by atoms with Gasteiger partial charge < -0.3 is 4.74 Å². The minimum absolute atomic E-state index is 0.116. The molecule has 0 radical (unpaired) electrons. The zero-order chi connectivity index (χ0) is 24.1. The second kappa shape index (κ2) is 8.08. The monoisotopic (exact) mass is 485 g/mol. The highest BCUT2D eigenvalue weighted by Gasteiger charge is 2.64. The molecular weight excluding hydrogens is 464 g/mol. The maximum Gasteiger partial charge on any atom is 0.329 e. The lowest BCUT2D eigenvalue weighted by Gasteiger charge is -2.42. The number of amides is 3. The minimum atomic E-state index is -2.83. The summed E-state index contributed by atoms with van der Waals surface area (Å²) in [6.45, 7) is 3.77. The first-order valence-electron chi connectivity index (χ1n) is 10.7. The van der Waals surface area contributed by atoms with Crippen LogP contribution in [0.3, 0.4) is 0 Å². The average molecular weight is 486 g/mol. The summed E-state index contributed by atoms with van der Waals surface area (Å²) in [5.41, 5.74) is 0.158. The van der Waals surface area contributed by atoms with Crippen LogP contribution in [0.15, 0.2) is 36.7 Å². The van der Waals surface area contributed by atoms with Gasteiger partial charge in [0.15, 0.2) is 0 Å². The molecule has 0 unspecified atom stereocenters. The predicted molar refractivity (Wildman–Crippen MR) is 121 cm³/mol. The number of rotatable bonds is 4. The van der Waals surface area contributed by atoms with Crippen molar-refractivity contribution in [1.82, 2.24) is 19.9 Å². The molecule has 3 amide bonds. The summed E-state index contributed by atoms with van der Waals surface area (Å²) in [7, 11) is 0. The van der Waals surface area contributed by atoms with Gasteiger partial charge in [-0.15, -0.1) is 11.3 Å². The number of hydrogen-bond acceptors (Lipinski definition) is 7. The van der Waals surface area contributed by atoms with E-state index in [0.29, 0.717) is 17.2 Å². The summed E-state index contributed by atoms with van der Waals surface area (Å²) >= 11 is 1.54. The zero-order valence-corrected chi connectivity index (χ0v) is 19.3. The van der Waals surface area contributed by atoms with Gasteiger partial charge in [0.05, 0.1) is 26.7 Å². The third-order valence-electron chi connectivity index (χ3n) is 6.06. The van der Waals surface area contributed by atoms with E-state index in [0.717, 1.165) is 20.5 Å². The molecule has 0 atom stereocenters. The van der Waals surface area contributed by atoms with Crippen LogP contribution in [0.5, 0.6) is 11.5 Å². The number of halogens is 2. The minimum Gasteiger partial charge on any atom is -0.455 e. The van der Waals surface area contributed by atoms with Gasteiger partial charge in [-0.05, 0) is 38.5 Å². The summed E-state index contributed by atoms with van der Waals surface area (Å²) in [4.78, 5) is 40.0. The first-order chi connectivity index (χ1) is 16.1. The topological polar surface area (TPSA) is 97.3 Å². The molecule has 0 aromatic carbocycles. The Labute approximate surface area is 198 Å². The van der Waals surface area contributed by atoms with E-state index >= 15 is 0 Å². The van der Waals surface area contributed by atoms with E-state index in [1.807, 2.05) is 6.92 Å². The van der Waals surface area contributed by atoms with Crippen molar-refractivity contribution in [3.63, 3.8) is 0 Å². The molecule has 8 nitrogen and oxygen atoms in total. The SMILES string of the molecule is Cc1ncc(-c2cc(Oc3ccc(NC(=O)N4CCC5(CC(F)(F)C5)C4=O)nc3C)ccn2)s1. The molecule has 1 N–H and O–H groups in total. The molecule has 176 valence electrons. The normalized spacial score (nSPS) is 18.1. The van der Waals surface area contributed by atoms with Crippen LogP contribution in [-0.2, 0) is 4.79 Å². The van der Waals surface area contributed by atoms with Crippen molar-refractivity contribution in [3.8, 4) is 22.1 Å². The number of urea groups is 1. The zero-order valence-electron chi connectivity index (χ0n) is 18.5. The number of alkyl halides is 2. The molecule has 4 heterocycles. The van der Waals surface area contributed by atoms with Crippen molar-refractivity contribution in [3.05, 3.63) is 47.4 Å². The van der Waals surface area contributed by atoms with Gasteiger partial charge >= 0.3 is 6.03 Å². The highest BCUT2D eigenvalue weighted by molar-refractivity contribution is 7.15. The molecule has 34 heavy (non-hydrogen) atoms. The molecule has 1 saturated heterocycles. The number of pyridine rings is 2. The molecule has 1 saturated carbocycles. The van der Waals surface area contributed by atoms with Crippen LogP contribution in [0.2, 0.25) is 0 Å². The Morgan fingerprint density at radius 1 is 1.21 bits per heavy atom. The van der Waals surface area contributed by atoms with E-state index in [2.05, 4.69) is 20.3 Å². The van der Waals surface area contributed by atoms with Gasteiger partial charge in [0.2, 0.25) is 11.8 Å². The second-order valence-electron chi connectivity index (χ2n) is 8.63. The van der Waals surface area contributed by atoms with Gasteiger partial charge in [-0.25, -0.2) is 23.5 Å². The molecule has 2 fully saturated rings. The van der Waals surface area contributed by atoms with Crippen LogP contribution in [0, 0.1) is 19.3 Å². The number of likely N-dealkylation sites (tertiary alicyclic amines) is 1. The van der Waals surface area contributed by atoms with Crippen LogP contribution in [0.25, 0.3) is 10.6 Å². The van der Waals surface area contributed by atoms with Crippen LogP contribution < -0.4 is 10.1 Å². The maximum atomic E-state index is 13.3. The maximum absolute atomic E-state index is 13.3. The van der Waals surface area contributed by atoms with Crippen molar-refractivity contribution in [2.75, 3.05) is 11.9 Å². The number of nitrogens with zero attached hydrogens (tertiary/aromatic N) is 4. The van der Waals surface area contributed by atoms with E-state index < -0.39 is 36.1 Å². The molecule has 3 aromatic rings. The lowest BCUT2D eigenvalue weighted by Crippen LogP contribution is -2.52. The lowest BCUT2D eigenvalue weighted by atomic mass is 9.65. The van der Waals surface area contributed by atoms with Crippen molar-refractivity contribution in [2.45, 2.75) is 39.0 Å². The van der Waals surface area contributed by atoms with E-state index in [1.165, 1.54) is 11.3 Å². The van der Waals surface area contributed by atoms with Gasteiger partial charge in [-0.3, -0.25) is 20.0 Å². The number of aromatic nitrogens is 3. The third-order valence-corrected chi connectivity index (χ3v) is 6.99. The quantitative estimate of drug-likeness (QED) is 0.546. The fraction of sp³-hybridized carbons (Fsp3) is 0.348. The van der Waals surface area contributed by atoms with Crippen LogP contribution >= 0.6 is 11.3 Å². The lowest BCUT2D eigenvalue weighted by molar-refractivity contribution is -0.176. The smallest absolute Gasteiger partial charge is 0.329 e. The Morgan fingerprint density at radius 2 is 2.00 bits per heavy atom. The summed E-state index contributed by atoms with van der Waals surface area (Å²) in [6.07, 6.45) is 2.68. The fourth-order valence-electron chi connectivity index (χ4n) is 4.40. The molecule has 3 aromatic heterocycles. The van der Waals surface area contributed by atoms with Crippen LogP contribution in [0.4, 0.5) is 19.4 Å². The molecule has 1 aliphatic heterocycles. The van der Waals surface area contributed by atoms with Crippen molar-refractivity contribution in [2.24, 2.45) is 5.41 Å². The number of carbonyl (C=O) groups is 2. The predicted octanol–water partition coefficient (Wildman–Crippen LogP) is 5.19. The Kier molecular flexibility index (Phi) is 5.31. The Bertz CT molecular complexity index is 1290. The van der Waals surface area contributed by atoms with E-state index in [9.17, 15) is 18.4 Å². The fourth-order valence-corrected chi connectivity index (χ4v) is 5.14. The molecule has 0 bridgehead atoms. The number of ether oxygens (including phenoxy) is 1. The number of nitrogens with one attached hydrogen (secondary N) is 1. The summed E-state index contributed by atoms with van der Waals surface area (Å²) in [6, 6.07) is 6.08. The van der Waals surface area contributed by atoms with Crippen LogP contribution in [-0.4, -0.2) is 44.3 Å². The van der Waals surface area contributed by atoms with E-state index in [1.54, 1.807) is 43.6 Å². The van der Waals surface area contributed by atoms with Gasteiger partial charge in [0, 0.05) is 37.8 Å². The van der Waals surface area contributed by atoms with Crippen molar-refractivity contribution >= 4 is 29.1 Å². The summed E-state index contributed by atoms with van der Waals surface area (Å²) in [5, 5.41) is 3.52. The molecule has 5 rings (SSSR count). The average Bonchev–Trinajstić information content (AvgIpc) is 3.34. The molecule has 11 heteroatoms. The molecule has 2 aliphatic rings. The Morgan fingerprint density at radius 3 is 2.68 bits per heavy atom. The number of carbonyl (C=O) groups excluding carboxylic acids is 2. The first kappa shape index (κ1) is 22.3. The number of thiazole rings is 1. The van der Waals surface area contributed by atoms with E-state index in [-0.39, 0.29) is 18.8 Å². The highest BCUT2D eigenvalue weighted by Crippen LogP contribution is 2.57. The Hall–Kier alpha value is -3.47. The van der Waals surface area contributed by atoms with Gasteiger partial charge in [-0.1, -0.05) is 0 Å².